The Morgan fingerprint density at radius 3 is 2.50 bits per heavy atom. The average Bonchev–Trinajstić information content (AvgIpc) is 3.35. The molecule has 3 N–H and O–H groups in total. The maximum Gasteiger partial charge on any atom is 0.0732 e. The zero-order valence-electron chi connectivity index (χ0n) is 15.8. The molecule has 1 aliphatic heterocycles. The highest BCUT2D eigenvalue weighted by molar-refractivity contribution is 6.09. The van der Waals surface area contributed by atoms with Gasteiger partial charge in [-0.1, -0.05) is 36.4 Å². The first-order valence-corrected chi connectivity index (χ1v) is 9.65. The molecule has 0 atom stereocenters. The Morgan fingerprint density at radius 2 is 1.64 bits per heavy atom. The van der Waals surface area contributed by atoms with Crippen molar-refractivity contribution < 1.29 is 0 Å². The van der Waals surface area contributed by atoms with Crippen molar-refractivity contribution in [1.29, 1.82) is 0 Å². The Bertz CT molecular complexity index is 1160. The first-order valence-electron chi connectivity index (χ1n) is 9.65. The van der Waals surface area contributed by atoms with E-state index in [1.54, 1.807) is 0 Å². The Kier molecular flexibility index (Phi) is 4.14. The lowest BCUT2D eigenvalue weighted by Gasteiger charge is -2.22. The molecular formula is C23H23N5. The predicted molar refractivity (Wildman–Crippen MR) is 117 cm³/mol. The van der Waals surface area contributed by atoms with Crippen LogP contribution < -0.4 is 21.3 Å². The van der Waals surface area contributed by atoms with Gasteiger partial charge in [-0.15, -0.1) is 5.53 Å². The standard InChI is InChI=1S/C23H23N5/c1-2-27-22-11-7-6-10-20(22)21-14-18(12-13-23(21)27)28-19(16-25-26-28)15-24-17-8-4-3-5-9-17/h3-14,16,24-26H,2,15H2,1H3. The van der Waals surface area contributed by atoms with Crippen LogP contribution in [0.5, 0.6) is 0 Å². The lowest BCUT2D eigenvalue weighted by molar-refractivity contribution is 0.669. The van der Waals surface area contributed by atoms with Crippen LogP contribution in [0.1, 0.15) is 6.92 Å². The highest BCUT2D eigenvalue weighted by Gasteiger charge is 2.18. The maximum absolute atomic E-state index is 3.47. The molecule has 5 rings (SSSR count). The van der Waals surface area contributed by atoms with Crippen molar-refractivity contribution >= 4 is 33.2 Å². The molecule has 0 radical (unpaired) electrons. The zero-order chi connectivity index (χ0) is 18.9. The van der Waals surface area contributed by atoms with Gasteiger partial charge in [0.2, 0.25) is 0 Å². The van der Waals surface area contributed by atoms with Crippen molar-refractivity contribution in [3.63, 3.8) is 0 Å². The second kappa shape index (κ2) is 6.94. The van der Waals surface area contributed by atoms with E-state index in [0.29, 0.717) is 0 Å². The summed E-state index contributed by atoms with van der Waals surface area (Å²) < 4.78 is 2.37. The van der Waals surface area contributed by atoms with Crippen LogP contribution in [0.25, 0.3) is 21.8 Å². The topological polar surface area (TPSA) is 44.3 Å². The average molecular weight is 369 g/mol. The van der Waals surface area contributed by atoms with Crippen LogP contribution in [0.2, 0.25) is 0 Å². The number of fused-ring (bicyclic) bond motifs is 3. The Morgan fingerprint density at radius 1 is 0.857 bits per heavy atom. The Labute approximate surface area is 164 Å². The van der Waals surface area contributed by atoms with E-state index in [9.17, 15) is 0 Å². The molecule has 5 nitrogen and oxygen atoms in total. The highest BCUT2D eigenvalue weighted by Crippen LogP contribution is 2.32. The van der Waals surface area contributed by atoms with Crippen LogP contribution in [0.4, 0.5) is 11.4 Å². The summed E-state index contributed by atoms with van der Waals surface area (Å²) in [6.07, 6.45) is 2.00. The summed E-state index contributed by atoms with van der Waals surface area (Å²) in [6.45, 7) is 3.87. The Balaban J connectivity index is 1.48. The van der Waals surface area contributed by atoms with Crippen molar-refractivity contribution in [3.8, 4) is 0 Å². The minimum atomic E-state index is 0.721. The van der Waals surface area contributed by atoms with E-state index in [1.165, 1.54) is 21.8 Å². The third-order valence-electron chi connectivity index (χ3n) is 5.28. The molecule has 5 heteroatoms. The lowest BCUT2D eigenvalue weighted by atomic mass is 10.1. The third kappa shape index (κ3) is 2.77. The number of anilines is 2. The minimum Gasteiger partial charge on any atom is -0.379 e. The molecule has 1 aromatic heterocycles. The number of rotatable bonds is 5. The zero-order valence-corrected chi connectivity index (χ0v) is 15.8. The van der Waals surface area contributed by atoms with E-state index in [1.807, 2.05) is 24.4 Å². The summed E-state index contributed by atoms with van der Waals surface area (Å²) in [5.41, 5.74) is 12.3. The van der Waals surface area contributed by atoms with E-state index in [-0.39, 0.29) is 0 Å². The number of benzene rings is 3. The number of hydrogen-bond donors (Lipinski definition) is 3. The van der Waals surface area contributed by atoms with E-state index in [4.69, 9.17) is 0 Å². The lowest BCUT2D eigenvalue weighted by Crippen LogP contribution is -2.38. The van der Waals surface area contributed by atoms with Crippen LogP contribution in [-0.4, -0.2) is 11.1 Å². The van der Waals surface area contributed by atoms with Gasteiger partial charge in [0.05, 0.1) is 17.9 Å². The molecule has 2 heterocycles. The Hall–Kier alpha value is -3.44. The second-order valence-electron chi connectivity index (χ2n) is 6.91. The molecule has 0 unspecified atom stereocenters. The fourth-order valence-corrected chi connectivity index (χ4v) is 3.95. The fraction of sp³-hybridized carbons (Fsp3) is 0.130. The number of para-hydroxylation sites is 2. The summed E-state index contributed by atoms with van der Waals surface area (Å²) in [5, 5.41) is 8.13. The summed E-state index contributed by atoms with van der Waals surface area (Å²) in [6, 6.07) is 25.5. The van der Waals surface area contributed by atoms with Gasteiger partial charge in [-0.25, -0.2) is 0 Å². The first kappa shape index (κ1) is 16.7. The van der Waals surface area contributed by atoms with Gasteiger partial charge in [-0.05, 0) is 43.3 Å². The van der Waals surface area contributed by atoms with E-state index >= 15 is 0 Å². The van der Waals surface area contributed by atoms with Gasteiger partial charge in [0.1, 0.15) is 0 Å². The van der Waals surface area contributed by atoms with Crippen LogP contribution in [0, 0.1) is 0 Å². The van der Waals surface area contributed by atoms with Crippen LogP contribution in [-0.2, 0) is 6.54 Å². The summed E-state index contributed by atoms with van der Waals surface area (Å²) in [7, 11) is 0. The van der Waals surface area contributed by atoms with Crippen LogP contribution >= 0.6 is 0 Å². The molecular weight excluding hydrogens is 346 g/mol. The van der Waals surface area contributed by atoms with Crippen LogP contribution in [0.3, 0.4) is 0 Å². The van der Waals surface area contributed by atoms with Crippen LogP contribution in [0.15, 0.2) is 84.7 Å². The van der Waals surface area contributed by atoms with E-state index in [2.05, 4.69) is 87.4 Å². The van der Waals surface area contributed by atoms with E-state index in [0.717, 1.165) is 30.2 Å². The normalized spacial score (nSPS) is 13.8. The number of nitrogens with zero attached hydrogens (tertiary/aromatic N) is 2. The second-order valence-corrected chi connectivity index (χ2v) is 6.91. The van der Waals surface area contributed by atoms with Gasteiger partial charge in [0.25, 0.3) is 0 Å². The molecule has 3 aromatic carbocycles. The number of aryl methyl sites for hydroxylation is 1. The van der Waals surface area contributed by atoms with Gasteiger partial charge in [-0.2, -0.15) is 0 Å². The molecule has 0 aliphatic carbocycles. The summed E-state index contributed by atoms with van der Waals surface area (Å²) >= 11 is 0. The van der Waals surface area contributed by atoms with Crippen molar-refractivity contribution in [3.05, 3.63) is 84.7 Å². The van der Waals surface area contributed by atoms with Crippen molar-refractivity contribution in [2.45, 2.75) is 13.5 Å². The fourth-order valence-electron chi connectivity index (χ4n) is 3.95. The number of aromatic nitrogens is 1. The van der Waals surface area contributed by atoms with Gasteiger partial charge < -0.3 is 15.3 Å². The van der Waals surface area contributed by atoms with Crippen molar-refractivity contribution in [2.24, 2.45) is 0 Å². The molecule has 0 saturated heterocycles. The first-order chi connectivity index (χ1) is 13.8. The molecule has 1 aliphatic rings. The third-order valence-corrected chi connectivity index (χ3v) is 5.28. The molecule has 0 bridgehead atoms. The molecule has 0 fully saturated rings. The monoisotopic (exact) mass is 369 g/mol. The van der Waals surface area contributed by atoms with Gasteiger partial charge in [0.15, 0.2) is 0 Å². The SMILES string of the molecule is CCn1c2ccccc2c2cc(N3NNC=C3CNc3ccccc3)ccc21. The van der Waals surface area contributed by atoms with Gasteiger partial charge in [-0.3, -0.25) is 5.01 Å². The quantitative estimate of drug-likeness (QED) is 0.481. The van der Waals surface area contributed by atoms with E-state index < -0.39 is 0 Å². The minimum absolute atomic E-state index is 0.721. The summed E-state index contributed by atoms with van der Waals surface area (Å²) in [4.78, 5) is 0. The van der Waals surface area contributed by atoms with Crippen molar-refractivity contribution in [1.82, 2.24) is 15.5 Å². The molecule has 140 valence electrons. The predicted octanol–water partition coefficient (Wildman–Crippen LogP) is 4.60. The number of hydrogen-bond acceptors (Lipinski definition) is 4. The molecule has 0 spiro atoms. The number of nitrogens with one attached hydrogen (secondary N) is 3. The largest absolute Gasteiger partial charge is 0.379 e. The van der Waals surface area contributed by atoms with Gasteiger partial charge >= 0.3 is 0 Å². The molecule has 28 heavy (non-hydrogen) atoms. The smallest absolute Gasteiger partial charge is 0.0732 e. The highest BCUT2D eigenvalue weighted by atomic mass is 15.7. The number of hydrazine groups is 2. The molecule has 4 aromatic rings. The molecule has 0 saturated carbocycles. The van der Waals surface area contributed by atoms with Crippen molar-refractivity contribution in [2.75, 3.05) is 16.9 Å². The maximum atomic E-state index is 3.47. The summed E-state index contributed by atoms with van der Waals surface area (Å²) in [5.74, 6) is 0. The molecule has 0 amide bonds. The van der Waals surface area contributed by atoms with Gasteiger partial charge in [0, 0.05) is 40.2 Å².